The summed E-state index contributed by atoms with van der Waals surface area (Å²) in [6.07, 6.45) is 6.62. The molecule has 3 fully saturated rings. The molecule has 1 spiro atoms. The Hall–Kier alpha value is -0.770. The van der Waals surface area contributed by atoms with E-state index < -0.39 is 0 Å². The Kier molecular flexibility index (Phi) is 3.96. The zero-order valence-electron chi connectivity index (χ0n) is 12.2. The number of hydrogen-bond acceptors (Lipinski definition) is 2. The third kappa shape index (κ3) is 3.22. The van der Waals surface area contributed by atoms with Gasteiger partial charge in [0.25, 0.3) is 0 Å². The molecule has 19 heavy (non-hydrogen) atoms. The molecular formula is C15H27N3O. The Bertz CT molecular complexity index is 332. The molecule has 0 radical (unpaired) electrons. The number of likely N-dealkylation sites (tertiary alicyclic amines) is 1. The number of rotatable bonds is 4. The van der Waals surface area contributed by atoms with Gasteiger partial charge < -0.3 is 15.0 Å². The topological polar surface area (TPSA) is 36.9 Å². The summed E-state index contributed by atoms with van der Waals surface area (Å²) in [6.45, 7) is 8.27. The summed E-state index contributed by atoms with van der Waals surface area (Å²) in [6, 6.07) is 0. The zero-order chi connectivity index (χ0) is 13.1. The van der Waals surface area contributed by atoms with Crippen molar-refractivity contribution in [1.29, 1.82) is 0 Å². The molecule has 1 aliphatic carbocycles. The van der Waals surface area contributed by atoms with Gasteiger partial charge in [-0.05, 0) is 32.1 Å². The van der Waals surface area contributed by atoms with Crippen LogP contribution in [0.15, 0.2) is 4.99 Å². The van der Waals surface area contributed by atoms with Gasteiger partial charge in [-0.1, -0.05) is 12.8 Å². The van der Waals surface area contributed by atoms with Gasteiger partial charge in [0.2, 0.25) is 0 Å². The van der Waals surface area contributed by atoms with Gasteiger partial charge in [0, 0.05) is 38.2 Å². The summed E-state index contributed by atoms with van der Waals surface area (Å²) in [4.78, 5) is 7.27. The van der Waals surface area contributed by atoms with Crippen molar-refractivity contribution in [2.45, 2.75) is 39.0 Å². The summed E-state index contributed by atoms with van der Waals surface area (Å²) in [5.41, 5.74) is 0.423. The number of hydrogen-bond donors (Lipinski definition) is 1. The first-order valence-electron chi connectivity index (χ1n) is 7.92. The fraction of sp³-hybridized carbons (Fsp3) is 0.933. The van der Waals surface area contributed by atoms with E-state index in [2.05, 4.69) is 17.1 Å². The second-order valence-corrected chi connectivity index (χ2v) is 6.44. The maximum absolute atomic E-state index is 5.60. The largest absolute Gasteiger partial charge is 0.381 e. The molecule has 3 rings (SSSR count). The monoisotopic (exact) mass is 265 g/mol. The van der Waals surface area contributed by atoms with E-state index in [-0.39, 0.29) is 0 Å². The van der Waals surface area contributed by atoms with Crippen molar-refractivity contribution in [2.24, 2.45) is 16.3 Å². The van der Waals surface area contributed by atoms with Crippen molar-refractivity contribution in [3.8, 4) is 0 Å². The number of nitrogens with zero attached hydrogens (tertiary/aromatic N) is 2. The first kappa shape index (κ1) is 13.2. The Morgan fingerprint density at radius 3 is 3.00 bits per heavy atom. The molecule has 1 N–H and O–H groups in total. The predicted octanol–water partition coefficient (Wildman–Crippen LogP) is 1.86. The Labute approximate surface area is 116 Å². The van der Waals surface area contributed by atoms with E-state index in [1.54, 1.807) is 0 Å². The lowest BCUT2D eigenvalue weighted by atomic mass is 9.87. The normalized spacial score (nSPS) is 31.4. The molecule has 2 aliphatic heterocycles. The predicted molar refractivity (Wildman–Crippen MR) is 77.4 cm³/mol. The van der Waals surface area contributed by atoms with Gasteiger partial charge in [-0.15, -0.1) is 0 Å². The van der Waals surface area contributed by atoms with E-state index in [0.29, 0.717) is 5.41 Å². The number of aliphatic imine (C=N–C) groups is 1. The molecule has 3 aliphatic rings. The lowest BCUT2D eigenvalue weighted by Crippen LogP contribution is -2.41. The first-order chi connectivity index (χ1) is 9.31. The van der Waals surface area contributed by atoms with Crippen LogP contribution in [0.5, 0.6) is 0 Å². The molecule has 4 nitrogen and oxygen atoms in total. The van der Waals surface area contributed by atoms with Crippen molar-refractivity contribution in [1.82, 2.24) is 10.2 Å². The molecule has 0 aromatic rings. The van der Waals surface area contributed by atoms with Crippen molar-refractivity contribution < 1.29 is 4.74 Å². The second-order valence-electron chi connectivity index (χ2n) is 6.44. The summed E-state index contributed by atoms with van der Waals surface area (Å²) in [7, 11) is 0. The summed E-state index contributed by atoms with van der Waals surface area (Å²) < 4.78 is 5.60. The zero-order valence-corrected chi connectivity index (χ0v) is 12.2. The molecule has 1 saturated carbocycles. The van der Waals surface area contributed by atoms with Gasteiger partial charge in [-0.2, -0.15) is 0 Å². The molecule has 2 heterocycles. The van der Waals surface area contributed by atoms with Crippen LogP contribution in [0.2, 0.25) is 0 Å². The van der Waals surface area contributed by atoms with Gasteiger partial charge in [0.05, 0.1) is 6.61 Å². The van der Waals surface area contributed by atoms with Crippen LogP contribution in [-0.2, 0) is 4.74 Å². The van der Waals surface area contributed by atoms with Crippen LogP contribution in [0.4, 0.5) is 0 Å². The van der Waals surface area contributed by atoms with Gasteiger partial charge in [0.15, 0.2) is 5.96 Å². The van der Waals surface area contributed by atoms with Gasteiger partial charge in [0.1, 0.15) is 0 Å². The summed E-state index contributed by atoms with van der Waals surface area (Å²) in [5, 5.41) is 3.46. The van der Waals surface area contributed by atoms with E-state index in [9.17, 15) is 0 Å². The highest BCUT2D eigenvalue weighted by Gasteiger charge is 2.42. The molecule has 0 amide bonds. The van der Waals surface area contributed by atoms with Crippen LogP contribution in [0.1, 0.15) is 39.0 Å². The number of nitrogens with one attached hydrogen (secondary N) is 1. The number of guanidine groups is 1. The lowest BCUT2D eigenvalue weighted by Gasteiger charge is -2.25. The molecule has 2 saturated heterocycles. The minimum Gasteiger partial charge on any atom is -0.381 e. The van der Waals surface area contributed by atoms with Crippen molar-refractivity contribution >= 4 is 5.96 Å². The molecule has 0 bridgehead atoms. The molecule has 1 unspecified atom stereocenters. The third-order valence-electron chi connectivity index (χ3n) is 4.75. The molecule has 0 aromatic carbocycles. The SMILES string of the molecule is CCNC(=NCCC1CC1)N1CCC2(CCOC2)C1. The molecule has 108 valence electrons. The molecular weight excluding hydrogens is 238 g/mol. The molecule has 1 atom stereocenters. The molecule has 4 heteroatoms. The number of ether oxygens (including phenoxy) is 1. The van der Waals surface area contributed by atoms with Gasteiger partial charge >= 0.3 is 0 Å². The fourth-order valence-corrected chi connectivity index (χ4v) is 3.27. The quantitative estimate of drug-likeness (QED) is 0.623. The Morgan fingerprint density at radius 2 is 2.32 bits per heavy atom. The second kappa shape index (κ2) is 5.70. The van der Waals surface area contributed by atoms with E-state index >= 15 is 0 Å². The summed E-state index contributed by atoms with van der Waals surface area (Å²) in [5.74, 6) is 2.10. The van der Waals surface area contributed by atoms with Crippen LogP contribution in [0, 0.1) is 11.3 Å². The first-order valence-corrected chi connectivity index (χ1v) is 7.92. The van der Waals surface area contributed by atoms with E-state index in [1.807, 2.05) is 0 Å². The van der Waals surface area contributed by atoms with Crippen molar-refractivity contribution in [2.75, 3.05) is 39.4 Å². The average Bonchev–Trinajstić information content (AvgIpc) is 2.98. The van der Waals surface area contributed by atoms with Crippen molar-refractivity contribution in [3.63, 3.8) is 0 Å². The molecule has 0 aromatic heterocycles. The van der Waals surface area contributed by atoms with Gasteiger partial charge in [-0.25, -0.2) is 0 Å². The maximum atomic E-state index is 5.60. The van der Waals surface area contributed by atoms with Crippen LogP contribution >= 0.6 is 0 Å². The van der Waals surface area contributed by atoms with E-state index in [0.717, 1.165) is 51.3 Å². The Balaban J connectivity index is 1.56. The van der Waals surface area contributed by atoms with Crippen LogP contribution < -0.4 is 5.32 Å². The lowest BCUT2D eigenvalue weighted by molar-refractivity contribution is 0.156. The standard InChI is InChI=1S/C15H27N3O/c1-2-16-14(17-8-5-13-3-4-13)18-9-6-15(11-18)7-10-19-12-15/h13H,2-12H2,1H3,(H,16,17). The van der Waals surface area contributed by atoms with Crippen LogP contribution in [0.25, 0.3) is 0 Å². The van der Waals surface area contributed by atoms with Gasteiger partial charge in [-0.3, -0.25) is 4.99 Å². The fourth-order valence-electron chi connectivity index (χ4n) is 3.27. The van der Waals surface area contributed by atoms with Crippen LogP contribution in [-0.4, -0.2) is 50.3 Å². The highest BCUT2D eigenvalue weighted by molar-refractivity contribution is 5.80. The highest BCUT2D eigenvalue weighted by atomic mass is 16.5. The van der Waals surface area contributed by atoms with E-state index in [4.69, 9.17) is 9.73 Å². The maximum Gasteiger partial charge on any atom is 0.193 e. The van der Waals surface area contributed by atoms with Crippen molar-refractivity contribution in [3.05, 3.63) is 0 Å². The smallest absolute Gasteiger partial charge is 0.193 e. The minimum absolute atomic E-state index is 0.423. The highest BCUT2D eigenvalue weighted by Crippen LogP contribution is 2.38. The van der Waals surface area contributed by atoms with E-state index in [1.165, 1.54) is 32.1 Å². The van der Waals surface area contributed by atoms with Crippen LogP contribution in [0.3, 0.4) is 0 Å². The minimum atomic E-state index is 0.423. The Morgan fingerprint density at radius 1 is 1.42 bits per heavy atom. The summed E-state index contributed by atoms with van der Waals surface area (Å²) >= 11 is 0. The average molecular weight is 265 g/mol. The third-order valence-corrected chi connectivity index (χ3v) is 4.75.